The van der Waals surface area contributed by atoms with Gasteiger partial charge >= 0.3 is 0 Å². The second-order valence-electron chi connectivity index (χ2n) is 6.64. The highest BCUT2D eigenvalue weighted by Crippen LogP contribution is 2.33. The molecule has 27 heavy (non-hydrogen) atoms. The smallest absolute Gasteiger partial charge is 0.0737 e. The van der Waals surface area contributed by atoms with Crippen LogP contribution >= 0.6 is 11.6 Å². The van der Waals surface area contributed by atoms with Crippen molar-refractivity contribution in [1.82, 2.24) is 9.55 Å². The fourth-order valence-corrected chi connectivity index (χ4v) is 4.02. The van der Waals surface area contributed by atoms with E-state index in [1.807, 2.05) is 30.5 Å². The monoisotopic (exact) mass is 371 g/mol. The number of aryl methyl sites for hydroxylation is 1. The summed E-state index contributed by atoms with van der Waals surface area (Å²) in [4.78, 5) is 4.42. The van der Waals surface area contributed by atoms with Gasteiger partial charge in [-0.05, 0) is 55.5 Å². The second kappa shape index (κ2) is 6.29. The summed E-state index contributed by atoms with van der Waals surface area (Å²) in [5.41, 5.74) is 5.50. The van der Waals surface area contributed by atoms with Crippen LogP contribution in [0.4, 0.5) is 11.4 Å². The van der Waals surface area contributed by atoms with Crippen LogP contribution < -0.4 is 5.32 Å². The minimum atomic E-state index is 0.695. The number of rotatable bonds is 3. The van der Waals surface area contributed by atoms with Gasteiger partial charge in [0.2, 0.25) is 0 Å². The molecule has 0 aliphatic carbocycles. The van der Waals surface area contributed by atoms with Gasteiger partial charge in [-0.15, -0.1) is 0 Å². The summed E-state index contributed by atoms with van der Waals surface area (Å²) in [5, 5.41) is 7.85. The van der Waals surface area contributed by atoms with E-state index >= 15 is 0 Å². The first kappa shape index (κ1) is 16.2. The van der Waals surface area contributed by atoms with Gasteiger partial charge in [-0.1, -0.05) is 29.8 Å². The first-order valence-corrected chi connectivity index (χ1v) is 9.44. The molecule has 0 fully saturated rings. The first-order chi connectivity index (χ1) is 13.2. The molecular formula is C23H18ClN3. The van der Waals surface area contributed by atoms with Crippen LogP contribution in [0.15, 0.2) is 72.9 Å². The third kappa shape index (κ3) is 2.63. The minimum Gasteiger partial charge on any atom is -0.355 e. The van der Waals surface area contributed by atoms with Gasteiger partial charge in [-0.25, -0.2) is 0 Å². The molecule has 0 radical (unpaired) electrons. The van der Waals surface area contributed by atoms with E-state index in [1.54, 1.807) is 0 Å². The molecule has 0 atom stereocenters. The number of halogens is 1. The zero-order chi connectivity index (χ0) is 18.4. The highest BCUT2D eigenvalue weighted by Gasteiger charge is 2.10. The molecule has 3 nitrogen and oxygen atoms in total. The Kier molecular flexibility index (Phi) is 3.76. The number of hydrogen-bond donors (Lipinski definition) is 1. The Bertz CT molecular complexity index is 1300. The molecule has 0 unspecified atom stereocenters. The highest BCUT2D eigenvalue weighted by molar-refractivity contribution is 6.31. The van der Waals surface area contributed by atoms with Gasteiger partial charge in [-0.2, -0.15) is 0 Å². The Balaban J connectivity index is 1.65. The van der Waals surface area contributed by atoms with Crippen LogP contribution in [0.3, 0.4) is 0 Å². The van der Waals surface area contributed by atoms with E-state index in [0.29, 0.717) is 5.02 Å². The van der Waals surface area contributed by atoms with Crippen molar-refractivity contribution in [2.75, 3.05) is 5.32 Å². The quantitative estimate of drug-likeness (QED) is 0.379. The van der Waals surface area contributed by atoms with E-state index in [4.69, 9.17) is 11.6 Å². The predicted octanol–water partition coefficient (Wildman–Crippen LogP) is 6.76. The van der Waals surface area contributed by atoms with Crippen molar-refractivity contribution in [2.24, 2.45) is 0 Å². The number of nitrogens with one attached hydrogen (secondary N) is 1. The summed E-state index contributed by atoms with van der Waals surface area (Å²) < 4.78 is 2.36. The Morgan fingerprint density at radius 3 is 2.63 bits per heavy atom. The van der Waals surface area contributed by atoms with Crippen molar-refractivity contribution in [2.45, 2.75) is 13.5 Å². The Hall–Kier alpha value is -3.04. The summed E-state index contributed by atoms with van der Waals surface area (Å²) in [7, 11) is 0. The van der Waals surface area contributed by atoms with E-state index in [2.05, 4.69) is 64.3 Å². The maximum absolute atomic E-state index is 6.11. The van der Waals surface area contributed by atoms with Gasteiger partial charge in [0.1, 0.15) is 0 Å². The van der Waals surface area contributed by atoms with Gasteiger partial charge in [0.15, 0.2) is 0 Å². The zero-order valence-corrected chi connectivity index (χ0v) is 15.7. The molecule has 4 heteroatoms. The number of anilines is 2. The van der Waals surface area contributed by atoms with E-state index in [-0.39, 0.29) is 0 Å². The molecule has 0 aliphatic heterocycles. The van der Waals surface area contributed by atoms with Crippen molar-refractivity contribution in [3.05, 3.63) is 77.9 Å². The normalized spacial score (nSPS) is 11.5. The molecule has 2 aromatic heterocycles. The number of para-hydroxylation sites is 1. The number of hydrogen-bond acceptors (Lipinski definition) is 2. The third-order valence-corrected chi connectivity index (χ3v) is 5.31. The number of nitrogens with zero attached hydrogens (tertiary/aromatic N) is 2. The molecule has 2 heterocycles. The lowest BCUT2D eigenvalue weighted by Crippen LogP contribution is -1.94. The largest absolute Gasteiger partial charge is 0.355 e. The molecule has 0 aliphatic rings. The van der Waals surface area contributed by atoms with Crippen LogP contribution in [0.25, 0.3) is 32.7 Å². The lowest BCUT2D eigenvalue weighted by Gasteiger charge is -2.10. The summed E-state index contributed by atoms with van der Waals surface area (Å²) in [6.07, 6.45) is 1.81. The van der Waals surface area contributed by atoms with Crippen LogP contribution in [0, 0.1) is 0 Å². The van der Waals surface area contributed by atoms with E-state index < -0.39 is 0 Å². The number of fused-ring (bicyclic) bond motifs is 4. The number of benzene rings is 3. The van der Waals surface area contributed by atoms with E-state index in [1.165, 1.54) is 21.8 Å². The Morgan fingerprint density at radius 1 is 0.889 bits per heavy atom. The van der Waals surface area contributed by atoms with Crippen LogP contribution in [0.2, 0.25) is 5.02 Å². The highest BCUT2D eigenvalue weighted by atomic mass is 35.5. The molecule has 0 bridgehead atoms. The molecule has 0 amide bonds. The molecular weight excluding hydrogens is 354 g/mol. The van der Waals surface area contributed by atoms with E-state index in [0.717, 1.165) is 28.8 Å². The average molecular weight is 372 g/mol. The Morgan fingerprint density at radius 2 is 1.74 bits per heavy atom. The van der Waals surface area contributed by atoms with Gasteiger partial charge in [0.05, 0.1) is 5.52 Å². The van der Waals surface area contributed by atoms with Gasteiger partial charge in [-0.3, -0.25) is 4.98 Å². The van der Waals surface area contributed by atoms with E-state index in [9.17, 15) is 0 Å². The molecule has 0 saturated heterocycles. The third-order valence-electron chi connectivity index (χ3n) is 5.07. The first-order valence-electron chi connectivity index (χ1n) is 9.07. The number of aromatic nitrogens is 2. The second-order valence-corrected chi connectivity index (χ2v) is 7.07. The topological polar surface area (TPSA) is 29.9 Å². The summed E-state index contributed by atoms with van der Waals surface area (Å²) in [5.74, 6) is 0. The van der Waals surface area contributed by atoms with Crippen LogP contribution in [0.5, 0.6) is 0 Å². The van der Waals surface area contributed by atoms with Gasteiger partial charge in [0.25, 0.3) is 0 Å². The maximum Gasteiger partial charge on any atom is 0.0737 e. The fraction of sp³-hybridized carbons (Fsp3) is 0.0870. The molecule has 5 aromatic rings. The predicted molar refractivity (Wildman–Crippen MR) is 115 cm³/mol. The van der Waals surface area contributed by atoms with Crippen LogP contribution in [-0.4, -0.2) is 9.55 Å². The Labute approximate surface area is 162 Å². The molecule has 1 N–H and O–H groups in total. The van der Waals surface area contributed by atoms with Crippen molar-refractivity contribution in [3.8, 4) is 0 Å². The van der Waals surface area contributed by atoms with Gasteiger partial charge < -0.3 is 9.88 Å². The average Bonchev–Trinajstić information content (AvgIpc) is 3.01. The summed E-state index contributed by atoms with van der Waals surface area (Å²) >= 11 is 6.11. The fourth-order valence-electron chi connectivity index (χ4n) is 3.86. The maximum atomic E-state index is 6.11. The van der Waals surface area contributed by atoms with Crippen molar-refractivity contribution < 1.29 is 0 Å². The number of pyridine rings is 1. The van der Waals surface area contributed by atoms with Gasteiger partial charge in [0, 0.05) is 56.3 Å². The SMILES string of the molecule is CCn1c2ccccc2c2cc(Nc3ccnc4cc(Cl)ccc34)ccc21. The lowest BCUT2D eigenvalue weighted by molar-refractivity contribution is 0.827. The van der Waals surface area contributed by atoms with Crippen LogP contribution in [-0.2, 0) is 6.54 Å². The zero-order valence-electron chi connectivity index (χ0n) is 14.9. The molecule has 0 spiro atoms. The molecule has 132 valence electrons. The van der Waals surface area contributed by atoms with Crippen molar-refractivity contribution in [3.63, 3.8) is 0 Å². The van der Waals surface area contributed by atoms with Crippen molar-refractivity contribution >= 4 is 55.7 Å². The van der Waals surface area contributed by atoms with Crippen LogP contribution in [0.1, 0.15) is 6.92 Å². The minimum absolute atomic E-state index is 0.695. The summed E-state index contributed by atoms with van der Waals surface area (Å²) in [6.45, 7) is 3.14. The molecule has 5 rings (SSSR count). The molecule has 0 saturated carbocycles. The standard InChI is InChI=1S/C23H18ClN3/c1-2-27-22-6-4-3-5-17(22)19-14-16(8-10-23(19)27)26-20-11-12-25-21-13-15(24)7-9-18(20)21/h3-14H,2H2,1H3,(H,25,26). The lowest BCUT2D eigenvalue weighted by atomic mass is 10.1. The molecule has 3 aromatic carbocycles. The van der Waals surface area contributed by atoms with Crippen molar-refractivity contribution in [1.29, 1.82) is 0 Å². The summed E-state index contributed by atoms with van der Waals surface area (Å²) in [6, 6.07) is 22.9.